The molecule has 0 bridgehead atoms. The van der Waals surface area contributed by atoms with Gasteiger partial charge < -0.3 is 8.98 Å². The highest BCUT2D eigenvalue weighted by atomic mass is 16.3. The van der Waals surface area contributed by atoms with Crippen LogP contribution >= 0.6 is 0 Å². The minimum Gasteiger partial charge on any atom is -0.459 e. The number of carbonyl (C=O) groups excluding carboxylic acids is 1. The molecule has 0 unspecified atom stereocenters. The first kappa shape index (κ1) is 12.5. The van der Waals surface area contributed by atoms with Gasteiger partial charge in [0.15, 0.2) is 5.76 Å². The van der Waals surface area contributed by atoms with E-state index in [0.717, 1.165) is 11.1 Å². The summed E-state index contributed by atoms with van der Waals surface area (Å²) in [5.74, 6) is 4.98. The molecule has 2 aromatic heterocycles. The zero-order chi connectivity index (χ0) is 14.1. The van der Waals surface area contributed by atoms with Crippen molar-refractivity contribution in [3.05, 3.63) is 59.7 Å². The van der Waals surface area contributed by atoms with E-state index in [-0.39, 0.29) is 5.76 Å². The topological polar surface area (TPSA) is 73.2 Å². The molecule has 5 heteroatoms. The van der Waals surface area contributed by atoms with Crippen LogP contribution in [0.4, 0.5) is 0 Å². The number of nitrogens with two attached hydrogens (primary N) is 1. The standard InChI is InChI=1S/C15H15N3O2/c1-10-3-2-4-13-12(10)5-7-18(13)9-11-6-8-20-14(11)15(19)17-16/h2-8H,9,16H2,1H3,(H,17,19). The van der Waals surface area contributed by atoms with E-state index in [1.165, 1.54) is 17.2 Å². The van der Waals surface area contributed by atoms with Crippen LogP contribution in [0.5, 0.6) is 0 Å². The lowest BCUT2D eigenvalue weighted by Crippen LogP contribution is -2.30. The smallest absolute Gasteiger partial charge is 0.301 e. The number of rotatable bonds is 3. The van der Waals surface area contributed by atoms with Gasteiger partial charge in [0, 0.05) is 22.7 Å². The maximum atomic E-state index is 11.6. The summed E-state index contributed by atoms with van der Waals surface area (Å²) in [5.41, 5.74) is 5.25. The van der Waals surface area contributed by atoms with Crippen molar-refractivity contribution in [3.63, 3.8) is 0 Å². The Bertz CT molecular complexity index is 770. The molecule has 20 heavy (non-hydrogen) atoms. The first-order valence-electron chi connectivity index (χ1n) is 6.32. The van der Waals surface area contributed by atoms with E-state index in [1.807, 2.05) is 12.3 Å². The molecule has 0 saturated heterocycles. The molecule has 0 saturated carbocycles. The number of hydrazine groups is 1. The number of aryl methyl sites for hydroxylation is 1. The second-order valence-corrected chi connectivity index (χ2v) is 4.70. The molecule has 1 aromatic carbocycles. The van der Waals surface area contributed by atoms with Crippen molar-refractivity contribution in [2.24, 2.45) is 5.84 Å². The Kier molecular flexibility index (Phi) is 3.04. The molecule has 3 aromatic rings. The van der Waals surface area contributed by atoms with Crippen LogP contribution in [0.15, 0.2) is 47.2 Å². The molecule has 0 spiro atoms. The fraction of sp³-hybridized carbons (Fsp3) is 0.133. The molecule has 5 nitrogen and oxygen atoms in total. The van der Waals surface area contributed by atoms with Crippen LogP contribution in [0.1, 0.15) is 21.7 Å². The van der Waals surface area contributed by atoms with Gasteiger partial charge in [-0.05, 0) is 30.7 Å². The van der Waals surface area contributed by atoms with Crippen molar-refractivity contribution in [3.8, 4) is 0 Å². The molecule has 0 atom stereocenters. The highest BCUT2D eigenvalue weighted by Gasteiger charge is 2.15. The van der Waals surface area contributed by atoms with Crippen molar-refractivity contribution in [1.29, 1.82) is 0 Å². The largest absolute Gasteiger partial charge is 0.459 e. The van der Waals surface area contributed by atoms with E-state index in [1.54, 1.807) is 6.07 Å². The second kappa shape index (κ2) is 4.86. The van der Waals surface area contributed by atoms with E-state index in [2.05, 4.69) is 35.1 Å². The van der Waals surface area contributed by atoms with E-state index in [9.17, 15) is 4.79 Å². The van der Waals surface area contributed by atoms with Crippen molar-refractivity contribution < 1.29 is 9.21 Å². The molecule has 0 radical (unpaired) electrons. The van der Waals surface area contributed by atoms with Crippen molar-refractivity contribution in [1.82, 2.24) is 9.99 Å². The molecule has 102 valence electrons. The Morgan fingerprint density at radius 1 is 1.35 bits per heavy atom. The molecule has 0 aliphatic rings. The second-order valence-electron chi connectivity index (χ2n) is 4.70. The lowest BCUT2D eigenvalue weighted by atomic mass is 10.1. The van der Waals surface area contributed by atoms with Gasteiger partial charge in [0.05, 0.1) is 12.8 Å². The summed E-state index contributed by atoms with van der Waals surface area (Å²) in [4.78, 5) is 11.6. The van der Waals surface area contributed by atoms with Gasteiger partial charge in [-0.15, -0.1) is 0 Å². The number of amides is 1. The number of fused-ring (bicyclic) bond motifs is 1. The van der Waals surface area contributed by atoms with Crippen molar-refractivity contribution >= 4 is 16.8 Å². The lowest BCUT2D eigenvalue weighted by molar-refractivity contribution is 0.0924. The molecular formula is C15H15N3O2. The van der Waals surface area contributed by atoms with Crippen LogP contribution in [0.3, 0.4) is 0 Å². The average molecular weight is 269 g/mol. The van der Waals surface area contributed by atoms with Gasteiger partial charge >= 0.3 is 5.91 Å². The maximum Gasteiger partial charge on any atom is 0.301 e. The first-order chi connectivity index (χ1) is 9.70. The van der Waals surface area contributed by atoms with Crippen molar-refractivity contribution in [2.75, 3.05) is 0 Å². The molecule has 1 amide bonds. The summed E-state index contributed by atoms with van der Waals surface area (Å²) in [7, 11) is 0. The Balaban J connectivity index is 2.00. The first-order valence-corrected chi connectivity index (χ1v) is 6.32. The number of nitrogens with one attached hydrogen (secondary N) is 1. The molecule has 3 N–H and O–H groups in total. The lowest BCUT2D eigenvalue weighted by Gasteiger charge is -2.06. The Hall–Kier alpha value is -2.53. The third kappa shape index (κ3) is 1.98. The summed E-state index contributed by atoms with van der Waals surface area (Å²) in [6.07, 6.45) is 3.51. The predicted molar refractivity (Wildman–Crippen MR) is 76.1 cm³/mol. The summed E-state index contributed by atoms with van der Waals surface area (Å²) < 4.78 is 7.28. The van der Waals surface area contributed by atoms with Crippen LogP contribution in [0.25, 0.3) is 10.9 Å². The van der Waals surface area contributed by atoms with Crippen LogP contribution in [0.2, 0.25) is 0 Å². The number of hydrogen-bond donors (Lipinski definition) is 2. The molecule has 0 fully saturated rings. The number of nitrogens with zero attached hydrogens (tertiary/aromatic N) is 1. The SMILES string of the molecule is Cc1cccc2c1ccn2Cc1ccoc1C(=O)NN. The summed E-state index contributed by atoms with van der Waals surface area (Å²) >= 11 is 0. The molecular weight excluding hydrogens is 254 g/mol. The Morgan fingerprint density at radius 3 is 3.00 bits per heavy atom. The van der Waals surface area contributed by atoms with Gasteiger partial charge in [-0.25, -0.2) is 5.84 Å². The van der Waals surface area contributed by atoms with Gasteiger partial charge in [0.1, 0.15) is 0 Å². The van der Waals surface area contributed by atoms with E-state index < -0.39 is 5.91 Å². The molecule has 2 heterocycles. The molecule has 0 aliphatic heterocycles. The Morgan fingerprint density at radius 2 is 2.20 bits per heavy atom. The van der Waals surface area contributed by atoms with Crippen LogP contribution in [0, 0.1) is 6.92 Å². The number of aromatic nitrogens is 1. The maximum absolute atomic E-state index is 11.6. The number of hydrogen-bond acceptors (Lipinski definition) is 3. The van der Waals surface area contributed by atoms with Gasteiger partial charge in [0.2, 0.25) is 0 Å². The fourth-order valence-corrected chi connectivity index (χ4v) is 2.42. The summed E-state index contributed by atoms with van der Waals surface area (Å²) in [5, 5.41) is 1.21. The van der Waals surface area contributed by atoms with Crippen molar-refractivity contribution in [2.45, 2.75) is 13.5 Å². The molecule has 3 rings (SSSR count). The third-order valence-electron chi connectivity index (χ3n) is 3.46. The third-order valence-corrected chi connectivity index (χ3v) is 3.46. The summed E-state index contributed by atoms with van der Waals surface area (Å²) in [6, 6.07) is 10.0. The number of benzene rings is 1. The zero-order valence-corrected chi connectivity index (χ0v) is 11.1. The predicted octanol–water partition coefficient (Wildman–Crippen LogP) is 2.19. The highest BCUT2D eigenvalue weighted by molar-refractivity contribution is 5.92. The van der Waals surface area contributed by atoms with E-state index in [0.29, 0.717) is 6.54 Å². The normalized spacial score (nSPS) is 10.9. The average Bonchev–Trinajstić information content (AvgIpc) is 3.07. The quantitative estimate of drug-likeness (QED) is 0.435. The van der Waals surface area contributed by atoms with Gasteiger partial charge in [-0.2, -0.15) is 0 Å². The van der Waals surface area contributed by atoms with E-state index in [4.69, 9.17) is 10.3 Å². The van der Waals surface area contributed by atoms with Crippen LogP contribution < -0.4 is 11.3 Å². The zero-order valence-electron chi connectivity index (χ0n) is 11.1. The number of furan rings is 1. The number of carbonyl (C=O) groups is 1. The molecule has 0 aliphatic carbocycles. The van der Waals surface area contributed by atoms with Gasteiger partial charge in [0.25, 0.3) is 0 Å². The fourth-order valence-electron chi connectivity index (χ4n) is 2.42. The van der Waals surface area contributed by atoms with Gasteiger partial charge in [-0.1, -0.05) is 12.1 Å². The van der Waals surface area contributed by atoms with Crippen LogP contribution in [-0.4, -0.2) is 10.5 Å². The minimum atomic E-state index is -0.419. The highest BCUT2D eigenvalue weighted by Crippen LogP contribution is 2.21. The van der Waals surface area contributed by atoms with Gasteiger partial charge in [-0.3, -0.25) is 10.2 Å². The monoisotopic (exact) mass is 269 g/mol. The Labute approximate surface area is 115 Å². The minimum absolute atomic E-state index is 0.252. The summed E-state index contributed by atoms with van der Waals surface area (Å²) in [6.45, 7) is 2.64. The van der Waals surface area contributed by atoms with Crippen LogP contribution in [-0.2, 0) is 6.54 Å². The van der Waals surface area contributed by atoms with E-state index >= 15 is 0 Å². The number of nitrogen functional groups attached to an aromatic ring is 1.